The Balaban J connectivity index is 1.92. The third-order valence-corrected chi connectivity index (χ3v) is 6.32. The van der Waals surface area contributed by atoms with E-state index in [1.165, 1.54) is 0 Å². The molecule has 9 nitrogen and oxygen atoms in total. The number of nitrogens with zero attached hydrogens (tertiary/aromatic N) is 1. The number of methoxy groups -OCH3 is 1. The molecule has 0 unspecified atom stereocenters. The number of hydrogen-bond acceptors (Lipinski definition) is 7. The average molecular weight is 511 g/mol. The lowest BCUT2D eigenvalue weighted by molar-refractivity contribution is 0.0953. The van der Waals surface area contributed by atoms with E-state index in [0.29, 0.717) is 60.0 Å². The van der Waals surface area contributed by atoms with Gasteiger partial charge in [0, 0.05) is 43.4 Å². The third-order valence-electron chi connectivity index (χ3n) is 6.32. The molecule has 0 bridgehead atoms. The Kier molecular flexibility index (Phi) is 8.81. The van der Waals surface area contributed by atoms with E-state index in [4.69, 9.17) is 14.9 Å². The van der Waals surface area contributed by atoms with Gasteiger partial charge in [0.1, 0.15) is 17.3 Å². The van der Waals surface area contributed by atoms with Crippen LogP contribution < -0.4 is 20.1 Å². The van der Waals surface area contributed by atoms with E-state index in [9.17, 15) is 14.7 Å². The molecule has 2 aromatic rings. The molecule has 0 spiro atoms. The molecule has 3 rings (SSSR count). The second-order valence-corrected chi connectivity index (χ2v) is 10.0. The van der Waals surface area contributed by atoms with Gasteiger partial charge < -0.3 is 30.1 Å². The normalized spacial score (nSPS) is 12.8. The number of ether oxygens (including phenoxy) is 2. The van der Waals surface area contributed by atoms with Crippen LogP contribution in [0.5, 0.6) is 11.5 Å². The predicted molar refractivity (Wildman–Crippen MR) is 144 cm³/mol. The highest BCUT2D eigenvalue weighted by molar-refractivity contribution is 6.08. The van der Waals surface area contributed by atoms with Crippen LogP contribution in [0.1, 0.15) is 71.5 Å². The fraction of sp³-hybridized carbons (Fsp3) is 0.464. The highest BCUT2D eigenvalue weighted by Crippen LogP contribution is 2.39. The van der Waals surface area contributed by atoms with Crippen molar-refractivity contribution in [2.75, 3.05) is 45.8 Å². The van der Waals surface area contributed by atoms with Crippen LogP contribution in [0.3, 0.4) is 0 Å². The van der Waals surface area contributed by atoms with E-state index in [0.717, 1.165) is 11.1 Å². The van der Waals surface area contributed by atoms with Gasteiger partial charge in [-0.05, 0) is 48.6 Å². The number of carbonyl (C=O) groups is 2. The molecule has 1 heterocycles. The zero-order valence-corrected chi connectivity index (χ0v) is 22.6. The fourth-order valence-electron chi connectivity index (χ4n) is 4.42. The monoisotopic (exact) mass is 510 g/mol. The number of aliphatic hydroxyl groups excluding tert-OH is 1. The lowest BCUT2D eigenvalue weighted by Gasteiger charge is -2.26. The number of rotatable bonds is 11. The zero-order valence-electron chi connectivity index (χ0n) is 22.6. The van der Waals surface area contributed by atoms with Crippen LogP contribution in [0.4, 0.5) is 5.69 Å². The van der Waals surface area contributed by atoms with E-state index in [1.54, 1.807) is 37.3 Å². The molecular formula is C28H38N4O5. The third kappa shape index (κ3) is 6.05. The molecule has 4 N–H and O–H groups in total. The fourth-order valence-corrected chi connectivity index (χ4v) is 4.42. The lowest BCUT2D eigenvalue weighted by Crippen LogP contribution is -2.30. The van der Waals surface area contributed by atoms with Crippen molar-refractivity contribution in [3.8, 4) is 11.5 Å². The number of benzene rings is 2. The largest absolute Gasteiger partial charge is 0.494 e. The topological polar surface area (TPSA) is 124 Å². The second kappa shape index (κ2) is 11.6. The summed E-state index contributed by atoms with van der Waals surface area (Å²) in [4.78, 5) is 27.6. The van der Waals surface area contributed by atoms with Crippen molar-refractivity contribution in [1.82, 2.24) is 10.2 Å². The van der Waals surface area contributed by atoms with Gasteiger partial charge in [0.25, 0.3) is 5.91 Å². The van der Waals surface area contributed by atoms with Crippen molar-refractivity contribution in [2.45, 2.75) is 46.1 Å². The summed E-state index contributed by atoms with van der Waals surface area (Å²) < 4.78 is 11.4. The predicted octanol–water partition coefficient (Wildman–Crippen LogP) is 3.57. The average Bonchev–Trinajstić information content (AvgIpc) is 3.16. The highest BCUT2D eigenvalue weighted by atomic mass is 16.5. The Morgan fingerprint density at radius 1 is 1.19 bits per heavy atom. The Morgan fingerprint density at radius 3 is 2.51 bits per heavy atom. The number of ketones is 1. The minimum absolute atomic E-state index is 0.0127. The first-order chi connectivity index (χ1) is 17.5. The Bertz CT molecular complexity index is 1190. The zero-order chi connectivity index (χ0) is 27.3. The molecule has 0 saturated heterocycles. The second-order valence-electron chi connectivity index (χ2n) is 10.0. The summed E-state index contributed by atoms with van der Waals surface area (Å²) in [6.07, 6.45) is 0.567. The van der Waals surface area contributed by atoms with Gasteiger partial charge in [-0.25, -0.2) is 0 Å². The molecule has 0 atom stereocenters. The smallest absolute Gasteiger partial charge is 0.254 e. The van der Waals surface area contributed by atoms with E-state index in [-0.39, 0.29) is 36.1 Å². The number of nitrogens with one attached hydrogen (secondary N) is 3. The molecule has 0 saturated carbocycles. The first kappa shape index (κ1) is 28.0. The van der Waals surface area contributed by atoms with Gasteiger partial charge in [-0.3, -0.25) is 15.0 Å². The van der Waals surface area contributed by atoms with Gasteiger partial charge in [0.15, 0.2) is 5.78 Å². The number of anilines is 1. The molecule has 0 aromatic heterocycles. The summed E-state index contributed by atoms with van der Waals surface area (Å²) in [6, 6.07) is 7.09. The first-order valence-corrected chi connectivity index (χ1v) is 12.5. The molecule has 2 aromatic carbocycles. The van der Waals surface area contributed by atoms with E-state index in [1.807, 2.05) is 13.0 Å². The van der Waals surface area contributed by atoms with Crippen LogP contribution in [0.15, 0.2) is 24.3 Å². The molecule has 1 amide bonds. The summed E-state index contributed by atoms with van der Waals surface area (Å²) in [5, 5.41) is 23.8. The maximum absolute atomic E-state index is 13.5. The van der Waals surface area contributed by atoms with Gasteiger partial charge in [0.05, 0.1) is 31.5 Å². The van der Waals surface area contributed by atoms with Gasteiger partial charge in [-0.15, -0.1) is 0 Å². The summed E-state index contributed by atoms with van der Waals surface area (Å²) in [7, 11) is 3.16. The van der Waals surface area contributed by atoms with Crippen molar-refractivity contribution in [3.63, 3.8) is 0 Å². The minimum atomic E-state index is -0.289. The minimum Gasteiger partial charge on any atom is -0.494 e. The first-order valence-electron chi connectivity index (χ1n) is 12.5. The van der Waals surface area contributed by atoms with Crippen molar-refractivity contribution >= 4 is 23.2 Å². The van der Waals surface area contributed by atoms with Crippen LogP contribution in [0, 0.1) is 5.41 Å². The number of amides is 1. The highest BCUT2D eigenvalue weighted by Gasteiger charge is 2.30. The Morgan fingerprint density at radius 2 is 1.92 bits per heavy atom. The number of hydrogen-bond donors (Lipinski definition) is 4. The SMILES string of the molecule is CCOc1cc2c(cc1C(=O)NC)C(=N)N(CC(=O)c1cc(NCCCO)c(OC)c(C(C)(C)C)c1)C2. The summed E-state index contributed by atoms with van der Waals surface area (Å²) >= 11 is 0. The molecule has 37 heavy (non-hydrogen) atoms. The van der Waals surface area contributed by atoms with Gasteiger partial charge >= 0.3 is 0 Å². The van der Waals surface area contributed by atoms with Crippen molar-refractivity contribution < 1.29 is 24.2 Å². The van der Waals surface area contributed by atoms with Crippen LogP contribution in [0.25, 0.3) is 0 Å². The van der Waals surface area contributed by atoms with Crippen molar-refractivity contribution in [2.24, 2.45) is 0 Å². The molecule has 1 aliphatic rings. The quantitative estimate of drug-likeness (QED) is 0.269. The Hall–Kier alpha value is -3.59. The number of aliphatic hydroxyl groups is 1. The van der Waals surface area contributed by atoms with Crippen molar-refractivity contribution in [3.05, 3.63) is 52.1 Å². The van der Waals surface area contributed by atoms with Crippen LogP contribution in [-0.4, -0.2) is 68.0 Å². The standard InChI is InChI=1S/C28H38N4O5/c1-7-37-24-13-18-15-32(26(29)19(18)14-20(24)27(35)30-5)16-23(34)17-11-21(28(2,3)4)25(36-6)22(12-17)31-9-8-10-33/h11-14,29,31,33H,7-10,15-16H2,1-6H3,(H,30,35). The number of Topliss-reactive ketones (excluding diaryl/α,β-unsaturated/α-hetero) is 1. The maximum Gasteiger partial charge on any atom is 0.254 e. The molecular weight excluding hydrogens is 472 g/mol. The van der Waals surface area contributed by atoms with Crippen LogP contribution >= 0.6 is 0 Å². The number of fused-ring (bicyclic) bond motifs is 1. The maximum atomic E-state index is 13.5. The van der Waals surface area contributed by atoms with Gasteiger partial charge in [-0.1, -0.05) is 20.8 Å². The molecule has 200 valence electrons. The Labute approximate surface area is 218 Å². The molecule has 9 heteroatoms. The summed E-state index contributed by atoms with van der Waals surface area (Å²) in [6.45, 7) is 9.42. The van der Waals surface area contributed by atoms with Gasteiger partial charge in [-0.2, -0.15) is 0 Å². The number of carbonyl (C=O) groups excluding carboxylic acids is 2. The van der Waals surface area contributed by atoms with E-state index in [2.05, 4.69) is 31.4 Å². The van der Waals surface area contributed by atoms with E-state index >= 15 is 0 Å². The van der Waals surface area contributed by atoms with Crippen molar-refractivity contribution in [1.29, 1.82) is 5.41 Å². The van der Waals surface area contributed by atoms with E-state index < -0.39 is 0 Å². The van der Waals surface area contributed by atoms with Crippen LogP contribution in [-0.2, 0) is 12.0 Å². The number of amidine groups is 1. The van der Waals surface area contributed by atoms with Crippen LogP contribution in [0.2, 0.25) is 0 Å². The summed E-state index contributed by atoms with van der Waals surface area (Å²) in [5.41, 5.74) is 3.65. The lowest BCUT2D eigenvalue weighted by atomic mass is 9.84. The summed E-state index contributed by atoms with van der Waals surface area (Å²) in [5.74, 6) is 0.913. The molecule has 0 radical (unpaired) electrons. The molecule has 0 fully saturated rings. The van der Waals surface area contributed by atoms with Gasteiger partial charge in [0.2, 0.25) is 0 Å². The molecule has 1 aliphatic heterocycles. The molecule has 0 aliphatic carbocycles.